The molecule has 0 heterocycles. The van der Waals surface area contributed by atoms with Gasteiger partial charge in [-0.1, -0.05) is 64.1 Å². The van der Waals surface area contributed by atoms with Crippen LogP contribution in [0.15, 0.2) is 36.4 Å². The van der Waals surface area contributed by atoms with Gasteiger partial charge in [-0.05, 0) is 27.8 Å². The molecule has 0 saturated carbocycles. The zero-order chi connectivity index (χ0) is 14.4. The van der Waals surface area contributed by atoms with E-state index in [2.05, 4.69) is 38.1 Å². The summed E-state index contributed by atoms with van der Waals surface area (Å²) in [7, 11) is 0. The van der Waals surface area contributed by atoms with E-state index in [-0.39, 0.29) is 5.91 Å². The number of carbonyl (C=O) groups excluding carboxylic acids is 1. The predicted octanol–water partition coefficient (Wildman–Crippen LogP) is 4.02. The number of primary amides is 1. The van der Waals surface area contributed by atoms with Crippen LogP contribution in [0.1, 0.15) is 44.7 Å². The third-order valence-corrected chi connectivity index (χ3v) is 3.01. The van der Waals surface area contributed by atoms with Crippen molar-refractivity contribution in [2.45, 2.75) is 40.0 Å². The van der Waals surface area contributed by atoms with E-state index in [0.29, 0.717) is 12.3 Å². The van der Waals surface area contributed by atoms with Gasteiger partial charge in [0.1, 0.15) is 0 Å². The fourth-order valence-electron chi connectivity index (χ4n) is 2.27. The Balaban J connectivity index is 0.000000861. The van der Waals surface area contributed by atoms with Crippen molar-refractivity contribution in [1.82, 2.24) is 0 Å². The number of rotatable bonds is 3. The molecular weight excluding hydrogens is 234 g/mol. The minimum Gasteiger partial charge on any atom is -0.369 e. The molecule has 0 atom stereocenters. The lowest BCUT2D eigenvalue weighted by Gasteiger charge is -2.13. The first kappa shape index (κ1) is 15.2. The second-order valence-electron chi connectivity index (χ2n) is 4.66. The van der Waals surface area contributed by atoms with E-state index in [1.165, 1.54) is 16.3 Å². The van der Waals surface area contributed by atoms with Crippen molar-refractivity contribution in [3.63, 3.8) is 0 Å². The minimum atomic E-state index is -0.281. The first-order chi connectivity index (χ1) is 9.09. The SMILES string of the molecule is CC.CC(C)c1cccc2cccc(CC(N)=O)c12. The maximum atomic E-state index is 11.1. The number of carbonyl (C=O) groups is 1. The number of hydrogen-bond donors (Lipinski definition) is 1. The highest BCUT2D eigenvalue weighted by molar-refractivity contribution is 5.92. The molecule has 2 heteroatoms. The highest BCUT2D eigenvalue weighted by atomic mass is 16.1. The van der Waals surface area contributed by atoms with Gasteiger partial charge in [-0.15, -0.1) is 0 Å². The smallest absolute Gasteiger partial charge is 0.221 e. The van der Waals surface area contributed by atoms with Crippen molar-refractivity contribution in [3.05, 3.63) is 47.5 Å². The molecule has 0 aliphatic heterocycles. The second kappa shape index (κ2) is 6.93. The van der Waals surface area contributed by atoms with Crippen molar-refractivity contribution in [2.24, 2.45) is 5.73 Å². The molecule has 19 heavy (non-hydrogen) atoms. The van der Waals surface area contributed by atoms with Crippen molar-refractivity contribution in [2.75, 3.05) is 0 Å². The summed E-state index contributed by atoms with van der Waals surface area (Å²) in [6.45, 7) is 8.33. The number of fused-ring (bicyclic) bond motifs is 1. The Morgan fingerprint density at radius 1 is 1.11 bits per heavy atom. The second-order valence-corrected chi connectivity index (χ2v) is 4.66. The molecule has 0 unspecified atom stereocenters. The van der Waals surface area contributed by atoms with Gasteiger partial charge in [-0.25, -0.2) is 0 Å². The van der Waals surface area contributed by atoms with Gasteiger partial charge >= 0.3 is 0 Å². The van der Waals surface area contributed by atoms with E-state index in [9.17, 15) is 4.79 Å². The van der Waals surface area contributed by atoms with Crippen LogP contribution in [0, 0.1) is 0 Å². The van der Waals surface area contributed by atoms with Crippen LogP contribution in [-0.2, 0) is 11.2 Å². The van der Waals surface area contributed by atoms with Crippen molar-refractivity contribution < 1.29 is 4.79 Å². The van der Waals surface area contributed by atoms with Crippen molar-refractivity contribution in [3.8, 4) is 0 Å². The van der Waals surface area contributed by atoms with Crippen LogP contribution in [0.2, 0.25) is 0 Å². The van der Waals surface area contributed by atoms with Gasteiger partial charge in [-0.2, -0.15) is 0 Å². The standard InChI is InChI=1S/C15H17NO.C2H6/c1-10(2)13-8-4-6-11-5-3-7-12(15(11)13)9-14(16)17;1-2/h3-8,10H,9H2,1-2H3,(H2,16,17);1-2H3. The molecule has 0 aliphatic carbocycles. The van der Waals surface area contributed by atoms with Gasteiger partial charge in [0.2, 0.25) is 5.91 Å². The molecule has 2 nitrogen and oxygen atoms in total. The van der Waals surface area contributed by atoms with Gasteiger partial charge in [0, 0.05) is 0 Å². The lowest BCUT2D eigenvalue weighted by molar-refractivity contribution is -0.117. The highest BCUT2D eigenvalue weighted by Crippen LogP contribution is 2.28. The molecule has 0 bridgehead atoms. The quantitative estimate of drug-likeness (QED) is 0.886. The summed E-state index contributed by atoms with van der Waals surface area (Å²) in [6, 6.07) is 12.3. The van der Waals surface area contributed by atoms with Crippen LogP contribution >= 0.6 is 0 Å². The van der Waals surface area contributed by atoms with Gasteiger partial charge in [0.15, 0.2) is 0 Å². The Labute approximate surface area is 115 Å². The molecule has 0 aromatic heterocycles. The topological polar surface area (TPSA) is 43.1 Å². The van der Waals surface area contributed by atoms with Crippen LogP contribution in [0.4, 0.5) is 0 Å². The van der Waals surface area contributed by atoms with Crippen LogP contribution < -0.4 is 5.73 Å². The summed E-state index contributed by atoms with van der Waals surface area (Å²) in [6.07, 6.45) is 0.307. The van der Waals surface area contributed by atoms with E-state index in [1.54, 1.807) is 0 Å². The van der Waals surface area contributed by atoms with Gasteiger partial charge < -0.3 is 5.73 Å². The predicted molar refractivity (Wildman–Crippen MR) is 82.3 cm³/mol. The largest absolute Gasteiger partial charge is 0.369 e. The molecule has 0 spiro atoms. The van der Waals surface area contributed by atoms with Crippen LogP contribution in [0.3, 0.4) is 0 Å². The number of amides is 1. The van der Waals surface area contributed by atoms with Gasteiger partial charge in [-0.3, -0.25) is 4.79 Å². The summed E-state index contributed by atoms with van der Waals surface area (Å²) in [4.78, 5) is 11.1. The number of nitrogens with two attached hydrogens (primary N) is 1. The van der Waals surface area contributed by atoms with E-state index in [0.717, 1.165) is 5.56 Å². The van der Waals surface area contributed by atoms with E-state index >= 15 is 0 Å². The van der Waals surface area contributed by atoms with E-state index < -0.39 is 0 Å². The average molecular weight is 257 g/mol. The van der Waals surface area contributed by atoms with E-state index in [4.69, 9.17) is 5.73 Å². The molecule has 2 aromatic rings. The van der Waals surface area contributed by atoms with Crippen LogP contribution in [-0.4, -0.2) is 5.91 Å². The Hall–Kier alpha value is -1.83. The first-order valence-corrected chi connectivity index (χ1v) is 6.88. The van der Waals surface area contributed by atoms with Crippen molar-refractivity contribution in [1.29, 1.82) is 0 Å². The Bertz CT molecular complexity index is 553. The van der Waals surface area contributed by atoms with Crippen molar-refractivity contribution >= 4 is 16.7 Å². The molecular formula is C17H23NO. The fraction of sp³-hybridized carbons (Fsp3) is 0.353. The summed E-state index contributed by atoms with van der Waals surface area (Å²) < 4.78 is 0. The number of hydrogen-bond acceptors (Lipinski definition) is 1. The van der Waals surface area contributed by atoms with Crippen LogP contribution in [0.25, 0.3) is 10.8 Å². The first-order valence-electron chi connectivity index (χ1n) is 6.88. The lowest BCUT2D eigenvalue weighted by Crippen LogP contribution is -2.14. The summed E-state index contributed by atoms with van der Waals surface area (Å²) >= 11 is 0. The third kappa shape index (κ3) is 3.57. The molecule has 0 aliphatic rings. The number of benzene rings is 2. The molecule has 0 saturated heterocycles. The maximum absolute atomic E-state index is 11.1. The molecule has 2 N–H and O–H groups in total. The Morgan fingerprint density at radius 3 is 2.21 bits per heavy atom. The molecule has 0 radical (unpaired) electrons. The normalized spacial score (nSPS) is 10.2. The minimum absolute atomic E-state index is 0.281. The van der Waals surface area contributed by atoms with Gasteiger partial charge in [0.05, 0.1) is 6.42 Å². The molecule has 2 rings (SSSR count). The summed E-state index contributed by atoms with van der Waals surface area (Å²) in [5.74, 6) is 0.156. The zero-order valence-electron chi connectivity index (χ0n) is 12.2. The molecule has 2 aromatic carbocycles. The molecule has 1 amide bonds. The molecule has 102 valence electrons. The lowest BCUT2D eigenvalue weighted by atomic mass is 9.92. The molecule has 0 fully saturated rings. The third-order valence-electron chi connectivity index (χ3n) is 3.01. The maximum Gasteiger partial charge on any atom is 0.221 e. The monoisotopic (exact) mass is 257 g/mol. The Kier molecular flexibility index (Phi) is 5.56. The van der Waals surface area contributed by atoms with Gasteiger partial charge in [0.25, 0.3) is 0 Å². The summed E-state index contributed by atoms with van der Waals surface area (Å²) in [5, 5.41) is 2.36. The summed E-state index contributed by atoms with van der Waals surface area (Å²) in [5.41, 5.74) is 7.61. The highest BCUT2D eigenvalue weighted by Gasteiger charge is 2.10. The average Bonchev–Trinajstić information content (AvgIpc) is 2.40. The zero-order valence-corrected chi connectivity index (χ0v) is 12.2. The fourth-order valence-corrected chi connectivity index (χ4v) is 2.27. The van der Waals surface area contributed by atoms with E-state index in [1.807, 2.05) is 26.0 Å². The Morgan fingerprint density at radius 2 is 1.68 bits per heavy atom. The van der Waals surface area contributed by atoms with Crippen LogP contribution in [0.5, 0.6) is 0 Å².